The first kappa shape index (κ1) is 18.7. The molecule has 1 N–H and O–H groups in total. The highest BCUT2D eigenvalue weighted by atomic mass is 16.5. The summed E-state index contributed by atoms with van der Waals surface area (Å²) >= 11 is 0. The van der Waals surface area contributed by atoms with E-state index < -0.39 is 0 Å². The number of nitrogens with one attached hydrogen (secondary N) is 1. The Kier molecular flexibility index (Phi) is 6.86. The van der Waals surface area contributed by atoms with Crippen LogP contribution < -0.4 is 14.8 Å². The van der Waals surface area contributed by atoms with E-state index >= 15 is 0 Å². The highest BCUT2D eigenvalue weighted by Crippen LogP contribution is 2.29. The van der Waals surface area contributed by atoms with Crippen molar-refractivity contribution in [3.05, 3.63) is 53.9 Å². The molecule has 5 heteroatoms. The highest BCUT2D eigenvalue weighted by Gasteiger charge is 2.16. The van der Waals surface area contributed by atoms with Crippen LogP contribution in [0.3, 0.4) is 0 Å². The molecule has 1 aliphatic heterocycles. The van der Waals surface area contributed by atoms with Crippen molar-refractivity contribution in [3.63, 3.8) is 0 Å². The van der Waals surface area contributed by atoms with Gasteiger partial charge >= 0.3 is 0 Å². The number of ether oxygens (including phenoxy) is 2. The van der Waals surface area contributed by atoms with Crippen LogP contribution in [0, 0.1) is 5.92 Å². The van der Waals surface area contributed by atoms with E-state index in [-0.39, 0.29) is 0 Å². The van der Waals surface area contributed by atoms with Gasteiger partial charge in [-0.25, -0.2) is 0 Å². The van der Waals surface area contributed by atoms with Gasteiger partial charge in [-0.15, -0.1) is 0 Å². The van der Waals surface area contributed by atoms with Crippen LogP contribution in [-0.4, -0.2) is 43.7 Å². The summed E-state index contributed by atoms with van der Waals surface area (Å²) in [6, 6.07) is 10.1. The Morgan fingerprint density at radius 2 is 2.15 bits per heavy atom. The summed E-state index contributed by atoms with van der Waals surface area (Å²) in [5, 5.41) is 3.60. The molecule has 1 aromatic heterocycles. The first-order valence-corrected chi connectivity index (χ1v) is 9.32. The van der Waals surface area contributed by atoms with E-state index in [0.29, 0.717) is 6.61 Å². The number of benzene rings is 1. The number of nitrogens with zero attached hydrogens (tertiary/aromatic N) is 2. The van der Waals surface area contributed by atoms with Crippen molar-refractivity contribution in [3.8, 4) is 11.5 Å². The lowest BCUT2D eigenvalue weighted by Gasteiger charge is -2.29. The summed E-state index contributed by atoms with van der Waals surface area (Å²) in [5.74, 6) is 2.27. The summed E-state index contributed by atoms with van der Waals surface area (Å²) in [6.45, 7) is 4.80. The van der Waals surface area contributed by atoms with Gasteiger partial charge in [-0.05, 0) is 62.7 Å². The zero-order chi connectivity index (χ0) is 18.2. The van der Waals surface area contributed by atoms with Gasteiger partial charge in [-0.3, -0.25) is 4.98 Å². The quantitative estimate of drug-likeness (QED) is 0.788. The van der Waals surface area contributed by atoms with Gasteiger partial charge in [0.15, 0.2) is 11.5 Å². The Balaban J connectivity index is 1.54. The van der Waals surface area contributed by atoms with Crippen LogP contribution >= 0.6 is 0 Å². The Labute approximate surface area is 156 Å². The number of hydrogen-bond donors (Lipinski definition) is 1. The van der Waals surface area contributed by atoms with Crippen molar-refractivity contribution in [1.82, 2.24) is 15.2 Å². The Morgan fingerprint density at radius 3 is 2.92 bits per heavy atom. The zero-order valence-electron chi connectivity index (χ0n) is 15.8. The van der Waals surface area contributed by atoms with Crippen LogP contribution in [0.15, 0.2) is 42.7 Å². The normalized spacial score (nSPS) is 17.8. The Bertz CT molecular complexity index is 678. The number of pyridine rings is 1. The van der Waals surface area contributed by atoms with Gasteiger partial charge in [0.25, 0.3) is 0 Å². The molecule has 1 saturated heterocycles. The lowest BCUT2D eigenvalue weighted by atomic mass is 9.98. The fourth-order valence-electron chi connectivity index (χ4n) is 3.45. The molecule has 2 aromatic rings. The third-order valence-corrected chi connectivity index (χ3v) is 4.83. The van der Waals surface area contributed by atoms with Crippen LogP contribution in [0.25, 0.3) is 0 Å². The fraction of sp³-hybridized carbons (Fsp3) is 0.476. The molecule has 1 aromatic carbocycles. The summed E-state index contributed by atoms with van der Waals surface area (Å²) in [7, 11) is 3.88. The lowest BCUT2D eigenvalue weighted by molar-refractivity contribution is 0.206. The number of piperidine rings is 1. The maximum Gasteiger partial charge on any atom is 0.161 e. The first-order valence-electron chi connectivity index (χ1n) is 9.32. The highest BCUT2D eigenvalue weighted by molar-refractivity contribution is 5.43. The van der Waals surface area contributed by atoms with Crippen molar-refractivity contribution < 1.29 is 9.47 Å². The molecule has 140 valence electrons. The molecule has 0 bridgehead atoms. The van der Waals surface area contributed by atoms with Crippen molar-refractivity contribution in [1.29, 1.82) is 0 Å². The maximum atomic E-state index is 5.97. The van der Waals surface area contributed by atoms with E-state index in [1.165, 1.54) is 31.5 Å². The minimum atomic E-state index is 0.482. The summed E-state index contributed by atoms with van der Waals surface area (Å²) in [6.07, 6.45) is 6.21. The largest absolute Gasteiger partial charge is 0.493 e. The smallest absolute Gasteiger partial charge is 0.161 e. The number of likely N-dealkylation sites (tertiary alicyclic amines) is 1. The Hall–Kier alpha value is -2.11. The molecule has 0 unspecified atom stereocenters. The van der Waals surface area contributed by atoms with Gasteiger partial charge < -0.3 is 19.7 Å². The van der Waals surface area contributed by atoms with Crippen molar-refractivity contribution >= 4 is 0 Å². The predicted octanol–water partition coefficient (Wildman–Crippen LogP) is 3.10. The molecule has 0 radical (unpaired) electrons. The van der Waals surface area contributed by atoms with Crippen LogP contribution in [-0.2, 0) is 13.2 Å². The summed E-state index contributed by atoms with van der Waals surface area (Å²) in [5.41, 5.74) is 2.25. The molecule has 0 saturated carbocycles. The van der Waals surface area contributed by atoms with E-state index in [1.807, 2.05) is 24.4 Å². The van der Waals surface area contributed by atoms with Crippen LogP contribution in [0.1, 0.15) is 24.0 Å². The molecular formula is C21H29N3O2. The standard InChI is InChI=1S/C21H29N3O2/c1-24-10-4-6-18(15-24)13-23-12-17-7-8-20(25-2)21(11-17)26-16-19-5-3-9-22-14-19/h3,5,7-9,11,14,18,23H,4,6,10,12-13,15-16H2,1-2H3/t18-/m0/s1. The van der Waals surface area contributed by atoms with Gasteiger partial charge in [-0.2, -0.15) is 0 Å². The number of rotatable bonds is 8. The van der Waals surface area contributed by atoms with E-state index in [1.54, 1.807) is 13.3 Å². The molecule has 1 aliphatic rings. The van der Waals surface area contributed by atoms with Crippen molar-refractivity contribution in [2.75, 3.05) is 33.8 Å². The van der Waals surface area contributed by atoms with Crippen molar-refractivity contribution in [2.45, 2.75) is 26.0 Å². The molecule has 0 amide bonds. The molecule has 2 heterocycles. The minimum absolute atomic E-state index is 0.482. The topological polar surface area (TPSA) is 46.6 Å². The minimum Gasteiger partial charge on any atom is -0.493 e. The van der Waals surface area contributed by atoms with E-state index in [9.17, 15) is 0 Å². The number of aromatic nitrogens is 1. The molecule has 5 nitrogen and oxygen atoms in total. The molecule has 0 spiro atoms. The van der Waals surface area contributed by atoms with Gasteiger partial charge in [0, 0.05) is 31.0 Å². The summed E-state index contributed by atoms with van der Waals surface area (Å²) < 4.78 is 11.4. The van der Waals surface area contributed by atoms with Gasteiger partial charge in [0.2, 0.25) is 0 Å². The first-order chi connectivity index (χ1) is 12.7. The molecular weight excluding hydrogens is 326 g/mol. The van der Waals surface area contributed by atoms with E-state index in [4.69, 9.17) is 9.47 Å². The Morgan fingerprint density at radius 1 is 1.23 bits per heavy atom. The van der Waals surface area contributed by atoms with Crippen LogP contribution in [0.2, 0.25) is 0 Å². The van der Waals surface area contributed by atoms with Crippen molar-refractivity contribution in [2.24, 2.45) is 5.92 Å². The third-order valence-electron chi connectivity index (χ3n) is 4.83. The molecule has 0 aliphatic carbocycles. The summed E-state index contributed by atoms with van der Waals surface area (Å²) in [4.78, 5) is 6.55. The average molecular weight is 355 g/mol. The number of hydrogen-bond acceptors (Lipinski definition) is 5. The number of methoxy groups -OCH3 is 1. The molecule has 26 heavy (non-hydrogen) atoms. The van der Waals surface area contributed by atoms with Gasteiger partial charge in [-0.1, -0.05) is 12.1 Å². The van der Waals surface area contributed by atoms with E-state index in [2.05, 4.69) is 34.4 Å². The second-order valence-corrected chi connectivity index (χ2v) is 7.04. The second-order valence-electron chi connectivity index (χ2n) is 7.04. The molecule has 3 rings (SSSR count). The van der Waals surface area contributed by atoms with Crippen LogP contribution in [0.4, 0.5) is 0 Å². The van der Waals surface area contributed by atoms with Crippen LogP contribution in [0.5, 0.6) is 11.5 Å². The molecule has 1 fully saturated rings. The molecule has 1 atom stereocenters. The zero-order valence-corrected chi connectivity index (χ0v) is 15.8. The SMILES string of the molecule is COc1ccc(CNC[C@@H]2CCCN(C)C2)cc1OCc1cccnc1. The second kappa shape index (κ2) is 9.55. The van der Waals surface area contributed by atoms with Gasteiger partial charge in [0.05, 0.1) is 7.11 Å². The predicted molar refractivity (Wildman–Crippen MR) is 103 cm³/mol. The maximum absolute atomic E-state index is 5.97. The monoisotopic (exact) mass is 355 g/mol. The van der Waals surface area contributed by atoms with E-state index in [0.717, 1.165) is 36.1 Å². The third kappa shape index (κ3) is 5.44. The average Bonchev–Trinajstić information content (AvgIpc) is 2.67. The fourth-order valence-corrected chi connectivity index (χ4v) is 3.45. The lowest BCUT2D eigenvalue weighted by Crippen LogP contribution is -2.37. The van der Waals surface area contributed by atoms with Gasteiger partial charge in [0.1, 0.15) is 6.61 Å².